The second kappa shape index (κ2) is 11.9. The lowest BCUT2D eigenvalue weighted by Crippen LogP contribution is -2.39. The number of sulfonamides is 1. The number of hydrogen-bond acceptors (Lipinski definition) is 5. The van der Waals surface area contributed by atoms with Gasteiger partial charge in [0.05, 0.1) is 34.8 Å². The number of hydrazone groups is 1. The van der Waals surface area contributed by atoms with Crippen molar-refractivity contribution in [2.75, 3.05) is 13.7 Å². The third kappa shape index (κ3) is 6.64. The Balaban J connectivity index is 1.90. The predicted molar refractivity (Wildman–Crippen MR) is 143 cm³/mol. The van der Waals surface area contributed by atoms with Gasteiger partial charge in [0.25, 0.3) is 5.91 Å². The van der Waals surface area contributed by atoms with Gasteiger partial charge in [0.2, 0.25) is 10.0 Å². The predicted octanol–water partition coefficient (Wildman–Crippen LogP) is 5.27. The zero-order valence-electron chi connectivity index (χ0n) is 20.4. The van der Waals surface area contributed by atoms with Crippen LogP contribution in [0.15, 0.2) is 64.6 Å². The number of benzene rings is 3. The number of aryl methyl sites for hydroxylation is 3. The van der Waals surface area contributed by atoms with Crippen molar-refractivity contribution < 1.29 is 17.9 Å². The molecule has 0 spiro atoms. The van der Waals surface area contributed by atoms with Crippen molar-refractivity contribution in [3.63, 3.8) is 0 Å². The molecule has 36 heavy (non-hydrogen) atoms. The van der Waals surface area contributed by atoms with E-state index in [0.29, 0.717) is 38.0 Å². The lowest BCUT2D eigenvalue weighted by atomic mass is 10.1. The number of hydrogen-bond donors (Lipinski definition) is 1. The molecule has 0 saturated carbocycles. The summed E-state index contributed by atoms with van der Waals surface area (Å²) in [7, 11) is -2.52. The van der Waals surface area contributed by atoms with Crippen molar-refractivity contribution in [1.82, 2.24) is 9.73 Å². The number of amides is 1. The Morgan fingerprint density at radius 3 is 2.33 bits per heavy atom. The molecule has 0 aliphatic rings. The molecule has 0 heterocycles. The van der Waals surface area contributed by atoms with E-state index in [0.717, 1.165) is 9.87 Å². The molecule has 0 atom stereocenters. The summed E-state index contributed by atoms with van der Waals surface area (Å²) < 4.78 is 33.9. The summed E-state index contributed by atoms with van der Waals surface area (Å²) in [5.74, 6) is -0.0168. The van der Waals surface area contributed by atoms with E-state index < -0.39 is 22.5 Å². The van der Waals surface area contributed by atoms with Gasteiger partial charge in [0.15, 0.2) is 0 Å². The summed E-state index contributed by atoms with van der Waals surface area (Å²) in [6, 6.07) is 15.6. The average molecular weight is 548 g/mol. The van der Waals surface area contributed by atoms with E-state index in [-0.39, 0.29) is 11.4 Å². The fourth-order valence-electron chi connectivity index (χ4n) is 3.91. The Labute approximate surface area is 221 Å². The largest absolute Gasteiger partial charge is 0.496 e. The van der Waals surface area contributed by atoms with E-state index in [2.05, 4.69) is 10.5 Å². The molecule has 0 fully saturated rings. The Hall–Kier alpha value is -2.91. The Kier molecular flexibility index (Phi) is 9.13. The molecule has 0 aliphatic carbocycles. The van der Waals surface area contributed by atoms with Gasteiger partial charge in [-0.1, -0.05) is 59.1 Å². The topological polar surface area (TPSA) is 88.1 Å². The summed E-state index contributed by atoms with van der Waals surface area (Å²) >= 11 is 12.2. The molecule has 0 aliphatic heterocycles. The molecule has 0 bridgehead atoms. The van der Waals surface area contributed by atoms with Crippen LogP contribution in [0.3, 0.4) is 0 Å². The molecule has 0 unspecified atom stereocenters. The van der Waals surface area contributed by atoms with Crippen LogP contribution in [-0.4, -0.2) is 38.5 Å². The molecule has 1 amide bonds. The first kappa shape index (κ1) is 27.7. The highest BCUT2D eigenvalue weighted by molar-refractivity contribution is 7.89. The monoisotopic (exact) mass is 547 g/mol. The molecule has 3 aromatic rings. The average Bonchev–Trinajstić information content (AvgIpc) is 2.80. The molecule has 10 heteroatoms. The molecule has 7 nitrogen and oxygen atoms in total. The molecular weight excluding hydrogens is 521 g/mol. The highest BCUT2D eigenvalue weighted by Crippen LogP contribution is 2.28. The minimum Gasteiger partial charge on any atom is -0.496 e. The van der Waals surface area contributed by atoms with Crippen molar-refractivity contribution in [2.24, 2.45) is 5.10 Å². The summed E-state index contributed by atoms with van der Waals surface area (Å²) in [6.07, 6.45) is 1.43. The minimum atomic E-state index is -4.06. The van der Waals surface area contributed by atoms with E-state index in [1.54, 1.807) is 56.3 Å². The number of nitrogens with one attached hydrogen (secondary N) is 1. The number of carbonyl (C=O) groups excluding carboxylic acids is 1. The van der Waals surface area contributed by atoms with Gasteiger partial charge in [-0.05, 0) is 61.7 Å². The fourth-order valence-corrected chi connectivity index (χ4v) is 6.03. The zero-order valence-corrected chi connectivity index (χ0v) is 22.7. The van der Waals surface area contributed by atoms with Gasteiger partial charge in [-0.2, -0.15) is 9.41 Å². The van der Waals surface area contributed by atoms with Gasteiger partial charge < -0.3 is 4.74 Å². The molecular formula is C26H27Cl2N3O4S. The summed E-state index contributed by atoms with van der Waals surface area (Å²) in [6.45, 7) is 4.83. The van der Waals surface area contributed by atoms with Crippen LogP contribution in [0.25, 0.3) is 0 Å². The van der Waals surface area contributed by atoms with Gasteiger partial charge in [-0.15, -0.1) is 0 Å². The van der Waals surface area contributed by atoms with Crippen LogP contribution >= 0.6 is 23.2 Å². The van der Waals surface area contributed by atoms with Crippen LogP contribution in [0.4, 0.5) is 0 Å². The normalized spacial score (nSPS) is 11.8. The summed E-state index contributed by atoms with van der Waals surface area (Å²) in [5, 5.41) is 4.62. The number of carbonyl (C=O) groups is 1. The first-order valence-corrected chi connectivity index (χ1v) is 13.2. The number of methoxy groups -OCH3 is 1. The van der Waals surface area contributed by atoms with Crippen LogP contribution in [0.5, 0.6) is 5.75 Å². The van der Waals surface area contributed by atoms with E-state index >= 15 is 0 Å². The minimum absolute atomic E-state index is 0.0877. The maximum Gasteiger partial charge on any atom is 0.255 e. The molecule has 3 aromatic carbocycles. The number of para-hydroxylation sites is 1. The van der Waals surface area contributed by atoms with Crippen molar-refractivity contribution in [1.29, 1.82) is 0 Å². The van der Waals surface area contributed by atoms with Gasteiger partial charge in [0, 0.05) is 12.1 Å². The Morgan fingerprint density at radius 2 is 1.69 bits per heavy atom. The van der Waals surface area contributed by atoms with Crippen LogP contribution in [0.1, 0.15) is 27.8 Å². The Morgan fingerprint density at radius 1 is 1.03 bits per heavy atom. The lowest BCUT2D eigenvalue weighted by Gasteiger charge is -2.24. The third-order valence-electron chi connectivity index (χ3n) is 5.40. The maximum atomic E-state index is 13.8. The van der Waals surface area contributed by atoms with Gasteiger partial charge in [-0.25, -0.2) is 13.8 Å². The van der Waals surface area contributed by atoms with Crippen molar-refractivity contribution in [3.8, 4) is 5.75 Å². The molecule has 0 aromatic heterocycles. The smallest absolute Gasteiger partial charge is 0.255 e. The van der Waals surface area contributed by atoms with Crippen LogP contribution in [0, 0.1) is 20.8 Å². The van der Waals surface area contributed by atoms with E-state index in [1.807, 2.05) is 19.1 Å². The first-order valence-electron chi connectivity index (χ1n) is 11.0. The van der Waals surface area contributed by atoms with Gasteiger partial charge in [-0.3, -0.25) is 4.79 Å². The molecule has 1 N–H and O–H groups in total. The second-order valence-corrected chi connectivity index (χ2v) is 11.0. The fraction of sp³-hybridized carbons (Fsp3) is 0.231. The maximum absolute atomic E-state index is 13.8. The van der Waals surface area contributed by atoms with Crippen molar-refractivity contribution in [3.05, 3.63) is 92.5 Å². The number of halogens is 2. The van der Waals surface area contributed by atoms with E-state index in [9.17, 15) is 13.2 Å². The van der Waals surface area contributed by atoms with Crippen molar-refractivity contribution in [2.45, 2.75) is 32.2 Å². The standard InChI is InChI=1S/C26H27Cl2N3O4S/c1-17-11-18(2)26(19(3)12-17)36(33,34)31(15-20-9-10-22(27)23(28)13-20)16-25(32)30-29-14-21-7-5-6-8-24(21)35-4/h5-14H,15-16H2,1-4H3,(H,30,32)/b29-14+. The van der Waals surface area contributed by atoms with Crippen LogP contribution in [-0.2, 0) is 21.4 Å². The molecule has 0 radical (unpaired) electrons. The van der Waals surface area contributed by atoms with Crippen LogP contribution < -0.4 is 10.2 Å². The highest BCUT2D eigenvalue weighted by Gasteiger charge is 2.30. The highest BCUT2D eigenvalue weighted by atomic mass is 35.5. The number of rotatable bonds is 9. The zero-order chi connectivity index (χ0) is 26.5. The van der Waals surface area contributed by atoms with Gasteiger partial charge >= 0.3 is 0 Å². The first-order chi connectivity index (χ1) is 17.0. The summed E-state index contributed by atoms with van der Waals surface area (Å²) in [5.41, 5.74) is 5.79. The Bertz CT molecular complexity index is 1390. The van der Waals surface area contributed by atoms with Crippen molar-refractivity contribution >= 4 is 45.3 Å². The lowest BCUT2D eigenvalue weighted by molar-refractivity contribution is -0.121. The number of nitrogens with zero attached hydrogens (tertiary/aromatic N) is 2. The third-order valence-corrected chi connectivity index (χ3v) is 8.23. The number of ether oxygens (including phenoxy) is 1. The quantitative estimate of drug-likeness (QED) is 0.292. The molecule has 190 valence electrons. The van der Waals surface area contributed by atoms with Gasteiger partial charge in [0.1, 0.15) is 5.75 Å². The van der Waals surface area contributed by atoms with E-state index in [1.165, 1.54) is 13.3 Å². The van der Waals surface area contributed by atoms with E-state index in [4.69, 9.17) is 27.9 Å². The van der Waals surface area contributed by atoms with Crippen LogP contribution in [0.2, 0.25) is 10.0 Å². The SMILES string of the molecule is COc1ccccc1/C=N/NC(=O)CN(Cc1ccc(Cl)c(Cl)c1)S(=O)(=O)c1c(C)cc(C)cc1C. The molecule has 3 rings (SSSR count). The summed E-state index contributed by atoms with van der Waals surface area (Å²) in [4.78, 5) is 13.0. The second-order valence-electron chi connectivity index (χ2n) is 8.28. The molecule has 0 saturated heterocycles.